The van der Waals surface area contributed by atoms with Gasteiger partial charge < -0.3 is 9.73 Å². The van der Waals surface area contributed by atoms with Crippen molar-refractivity contribution in [2.24, 2.45) is 0 Å². The van der Waals surface area contributed by atoms with Crippen LogP contribution in [0.3, 0.4) is 0 Å². The van der Waals surface area contributed by atoms with Crippen molar-refractivity contribution in [1.82, 2.24) is 20.4 Å². The van der Waals surface area contributed by atoms with E-state index in [-0.39, 0.29) is 5.91 Å². The maximum Gasteiger partial charge on any atom is 0.247 e. The van der Waals surface area contributed by atoms with E-state index in [2.05, 4.69) is 46.4 Å². The summed E-state index contributed by atoms with van der Waals surface area (Å²) < 4.78 is 5.66. The Morgan fingerprint density at radius 1 is 0.966 bits per heavy atom. The van der Waals surface area contributed by atoms with Crippen molar-refractivity contribution < 1.29 is 9.21 Å². The van der Waals surface area contributed by atoms with Crippen molar-refractivity contribution in [2.45, 2.75) is 39.8 Å². The Balaban J connectivity index is 1.50. The number of amides is 1. The van der Waals surface area contributed by atoms with E-state index in [0.29, 0.717) is 31.2 Å². The van der Waals surface area contributed by atoms with E-state index in [1.54, 1.807) is 0 Å². The normalized spacial score (nSPS) is 11.0. The lowest BCUT2D eigenvalue weighted by Crippen LogP contribution is -2.26. The minimum absolute atomic E-state index is 0.0258. The van der Waals surface area contributed by atoms with Gasteiger partial charge in [0.05, 0.1) is 0 Å². The molecule has 0 spiro atoms. The molecule has 3 rings (SSSR count). The van der Waals surface area contributed by atoms with Crippen molar-refractivity contribution in [2.75, 3.05) is 13.1 Å². The van der Waals surface area contributed by atoms with Crippen LogP contribution >= 0.6 is 0 Å². The fraction of sp³-hybridized carbons (Fsp3) is 0.348. The van der Waals surface area contributed by atoms with E-state index in [4.69, 9.17) is 4.42 Å². The highest BCUT2D eigenvalue weighted by Crippen LogP contribution is 2.17. The minimum Gasteiger partial charge on any atom is -0.421 e. The molecule has 1 heterocycles. The Bertz CT molecular complexity index is 904. The standard InChI is InChI=1S/C23H28N4O2/c1-3-27(4-2)17-20-13-9-8-12-19(20)16-24-21(28)14-15-22-25-26-23(29-22)18-10-6-5-7-11-18/h5-13H,3-4,14-17H2,1-2H3,(H,24,28). The Morgan fingerprint density at radius 3 is 2.38 bits per heavy atom. The molecule has 0 saturated carbocycles. The van der Waals surface area contributed by atoms with Crippen molar-refractivity contribution in [1.29, 1.82) is 0 Å². The van der Waals surface area contributed by atoms with Gasteiger partial charge in [-0.15, -0.1) is 10.2 Å². The summed E-state index contributed by atoms with van der Waals surface area (Å²) in [6, 6.07) is 17.9. The molecule has 0 bridgehead atoms. The monoisotopic (exact) mass is 392 g/mol. The zero-order chi connectivity index (χ0) is 20.5. The van der Waals surface area contributed by atoms with Gasteiger partial charge in [-0.1, -0.05) is 56.3 Å². The maximum absolute atomic E-state index is 12.3. The largest absolute Gasteiger partial charge is 0.421 e. The van der Waals surface area contributed by atoms with Gasteiger partial charge in [-0.3, -0.25) is 9.69 Å². The number of nitrogens with one attached hydrogen (secondary N) is 1. The van der Waals surface area contributed by atoms with E-state index in [1.807, 2.05) is 42.5 Å². The third-order valence-electron chi connectivity index (χ3n) is 4.94. The summed E-state index contributed by atoms with van der Waals surface area (Å²) in [5, 5.41) is 11.1. The highest BCUT2D eigenvalue weighted by Gasteiger charge is 2.11. The molecule has 0 fully saturated rings. The average molecular weight is 393 g/mol. The van der Waals surface area contributed by atoms with E-state index in [9.17, 15) is 4.79 Å². The number of aromatic nitrogens is 2. The summed E-state index contributed by atoms with van der Waals surface area (Å²) in [5.74, 6) is 0.925. The molecule has 0 saturated heterocycles. The number of carbonyl (C=O) groups is 1. The number of hydrogen-bond donors (Lipinski definition) is 1. The lowest BCUT2D eigenvalue weighted by Gasteiger charge is -2.20. The van der Waals surface area contributed by atoms with Gasteiger partial charge in [-0.25, -0.2) is 0 Å². The van der Waals surface area contributed by atoms with Gasteiger partial charge in [-0.2, -0.15) is 0 Å². The molecule has 0 radical (unpaired) electrons. The number of aryl methyl sites for hydroxylation is 1. The van der Waals surface area contributed by atoms with Crippen molar-refractivity contribution in [3.05, 3.63) is 71.6 Å². The molecule has 0 unspecified atom stereocenters. The molecule has 3 aromatic rings. The maximum atomic E-state index is 12.3. The summed E-state index contributed by atoms with van der Waals surface area (Å²) in [4.78, 5) is 14.7. The fourth-order valence-electron chi connectivity index (χ4n) is 3.13. The molecule has 1 N–H and O–H groups in total. The first-order valence-corrected chi connectivity index (χ1v) is 10.1. The molecule has 0 aliphatic heterocycles. The van der Waals surface area contributed by atoms with Crippen LogP contribution in [-0.4, -0.2) is 34.1 Å². The number of nitrogens with zero attached hydrogens (tertiary/aromatic N) is 3. The van der Waals surface area contributed by atoms with Gasteiger partial charge in [0.2, 0.25) is 17.7 Å². The smallest absolute Gasteiger partial charge is 0.247 e. The van der Waals surface area contributed by atoms with Crippen LogP contribution in [0.5, 0.6) is 0 Å². The number of carbonyl (C=O) groups excluding carboxylic acids is 1. The molecular weight excluding hydrogens is 364 g/mol. The van der Waals surface area contributed by atoms with E-state index in [1.165, 1.54) is 5.56 Å². The number of benzene rings is 2. The van der Waals surface area contributed by atoms with Crippen LogP contribution in [0.1, 0.15) is 37.3 Å². The summed E-state index contributed by atoms with van der Waals surface area (Å²) in [6.07, 6.45) is 0.737. The topological polar surface area (TPSA) is 71.3 Å². The first kappa shape index (κ1) is 20.7. The Hall–Kier alpha value is -2.99. The third kappa shape index (κ3) is 5.99. The molecular formula is C23H28N4O2. The van der Waals surface area contributed by atoms with E-state index >= 15 is 0 Å². The van der Waals surface area contributed by atoms with Crippen LogP contribution in [0.15, 0.2) is 59.0 Å². The Kier molecular flexibility index (Phi) is 7.53. The first-order valence-electron chi connectivity index (χ1n) is 10.1. The van der Waals surface area contributed by atoms with Crippen LogP contribution in [-0.2, 0) is 24.3 Å². The first-order chi connectivity index (χ1) is 14.2. The summed E-state index contributed by atoms with van der Waals surface area (Å²) >= 11 is 0. The molecule has 1 amide bonds. The van der Waals surface area contributed by atoms with Crippen molar-refractivity contribution in [3.8, 4) is 11.5 Å². The molecule has 152 valence electrons. The lowest BCUT2D eigenvalue weighted by molar-refractivity contribution is -0.121. The molecule has 1 aromatic heterocycles. The van der Waals surface area contributed by atoms with Crippen LogP contribution in [0.4, 0.5) is 0 Å². The zero-order valence-electron chi connectivity index (χ0n) is 17.1. The fourth-order valence-corrected chi connectivity index (χ4v) is 3.13. The molecule has 29 heavy (non-hydrogen) atoms. The summed E-state index contributed by atoms with van der Waals surface area (Å²) in [7, 11) is 0. The van der Waals surface area contributed by atoms with Gasteiger partial charge in [0.25, 0.3) is 0 Å². The summed E-state index contributed by atoms with van der Waals surface area (Å²) in [6.45, 7) is 7.75. The van der Waals surface area contributed by atoms with Gasteiger partial charge in [0.1, 0.15) is 0 Å². The lowest BCUT2D eigenvalue weighted by atomic mass is 10.1. The predicted molar refractivity (Wildman–Crippen MR) is 113 cm³/mol. The van der Waals surface area contributed by atoms with Gasteiger partial charge >= 0.3 is 0 Å². The molecule has 2 aromatic carbocycles. The second-order valence-corrected chi connectivity index (χ2v) is 6.87. The predicted octanol–water partition coefficient (Wildman–Crippen LogP) is 3.83. The van der Waals surface area contributed by atoms with Crippen molar-refractivity contribution in [3.63, 3.8) is 0 Å². The molecule has 0 aliphatic rings. The Morgan fingerprint density at radius 2 is 1.66 bits per heavy atom. The van der Waals surface area contributed by atoms with E-state index < -0.39 is 0 Å². The second kappa shape index (κ2) is 10.5. The SMILES string of the molecule is CCN(CC)Cc1ccccc1CNC(=O)CCc1nnc(-c2ccccc2)o1. The molecule has 6 nitrogen and oxygen atoms in total. The van der Waals surface area contributed by atoms with Gasteiger partial charge in [-0.05, 0) is 36.3 Å². The van der Waals surface area contributed by atoms with Crippen LogP contribution in [0.25, 0.3) is 11.5 Å². The number of rotatable bonds is 10. The second-order valence-electron chi connectivity index (χ2n) is 6.87. The summed E-state index contributed by atoms with van der Waals surface area (Å²) in [5.41, 5.74) is 3.28. The van der Waals surface area contributed by atoms with Crippen LogP contribution < -0.4 is 5.32 Å². The quantitative estimate of drug-likeness (QED) is 0.568. The van der Waals surface area contributed by atoms with Crippen LogP contribution in [0.2, 0.25) is 0 Å². The van der Waals surface area contributed by atoms with Gasteiger partial charge in [0, 0.05) is 31.5 Å². The van der Waals surface area contributed by atoms with Gasteiger partial charge in [0.15, 0.2) is 0 Å². The van der Waals surface area contributed by atoms with Crippen molar-refractivity contribution >= 4 is 5.91 Å². The van der Waals surface area contributed by atoms with E-state index in [0.717, 1.165) is 30.8 Å². The highest BCUT2D eigenvalue weighted by atomic mass is 16.4. The molecule has 6 heteroatoms. The molecule has 0 aliphatic carbocycles. The minimum atomic E-state index is -0.0258. The zero-order valence-corrected chi connectivity index (χ0v) is 17.1. The third-order valence-corrected chi connectivity index (χ3v) is 4.94. The highest BCUT2D eigenvalue weighted by molar-refractivity contribution is 5.76. The average Bonchev–Trinajstić information content (AvgIpc) is 3.25. The Labute approximate surface area is 172 Å². The van der Waals surface area contributed by atoms with Crippen LogP contribution in [0, 0.1) is 0 Å². The molecule has 0 atom stereocenters. The number of hydrogen-bond acceptors (Lipinski definition) is 5.